The minimum Gasteiger partial charge on any atom is -0.446 e. The number of nitrogens with zero attached hydrogens (tertiary/aromatic N) is 7. The molecule has 1 spiro atoms. The molecule has 0 unspecified atom stereocenters. The van der Waals surface area contributed by atoms with Crippen molar-refractivity contribution in [1.29, 1.82) is 0 Å². The number of para-hydroxylation sites is 1. The summed E-state index contributed by atoms with van der Waals surface area (Å²) in [6.07, 6.45) is -7.97. The summed E-state index contributed by atoms with van der Waals surface area (Å²) in [6.45, 7) is 9.70. The summed E-state index contributed by atoms with van der Waals surface area (Å²) in [5.74, 6) is -2.23. The van der Waals surface area contributed by atoms with E-state index in [0.29, 0.717) is 132 Å². The van der Waals surface area contributed by atoms with Crippen LogP contribution in [-0.4, -0.2) is 188 Å². The number of likely N-dealkylation sites (N-methyl/N-ethyl adjacent to an activating group) is 2. The summed E-state index contributed by atoms with van der Waals surface area (Å²) in [5.41, 5.74) is 1.25. The lowest BCUT2D eigenvalue weighted by atomic mass is 9.72. The van der Waals surface area contributed by atoms with Gasteiger partial charge in [0.2, 0.25) is 5.91 Å². The van der Waals surface area contributed by atoms with Gasteiger partial charge in [-0.15, -0.1) is 0 Å². The van der Waals surface area contributed by atoms with Crippen LogP contribution in [0, 0.1) is 5.82 Å². The monoisotopic (exact) mass is 1480 g/mol. The summed E-state index contributed by atoms with van der Waals surface area (Å²) in [5, 5.41) is 2.93. The number of carbonyl (C=O) groups is 6. The zero-order valence-electron chi connectivity index (χ0n) is 61.0. The minimum atomic E-state index is -5.16. The number of likely N-dealkylation sites (tertiary alicyclic amines) is 2. The van der Waals surface area contributed by atoms with Crippen LogP contribution in [0.15, 0.2) is 170 Å². The standard InChI is InChI=1S/C82H91F7N8O10/c1-78(2,3)107-77(103)96(52-57-23-27-60(28-24-57)74(100)93(6)45-46-94-40-33-67(34-41-94)106-76(102)90-70-20-13-11-18-68(70)58-15-8-7-9-16-58)51-56-21-25-59(26-22-56)73(99)92(5)39-14-38-91(4)72(98)53-104-71-49-61-17-10-12-19-69(61)79(71)35-42-95(43-36-79)44-37-80(63-29-31-66(83)32-30-63)54-97(55-105-80)75(101)62-47-64(81(84,85)86)50-65(48-62)82(87,88)89/h7-13,15-32,47-48,50,67,71H,14,33-46,49,51-55H2,1-6H3,(H,90,102)/t71-,80-/m0/s1. The third kappa shape index (κ3) is 19.7. The Morgan fingerprint density at radius 2 is 1.18 bits per heavy atom. The van der Waals surface area contributed by atoms with E-state index in [-0.39, 0.29) is 68.7 Å². The molecule has 11 rings (SSSR count). The number of rotatable bonds is 24. The Bertz CT molecular complexity index is 4230. The van der Waals surface area contributed by atoms with E-state index in [1.165, 1.54) is 24.3 Å². The van der Waals surface area contributed by atoms with Gasteiger partial charge < -0.3 is 48.3 Å². The molecule has 0 bridgehead atoms. The molecule has 4 aliphatic rings. The lowest BCUT2D eigenvalue weighted by molar-refractivity contribution is -0.143. The van der Waals surface area contributed by atoms with Crippen LogP contribution >= 0.6 is 0 Å². The number of benzene rings is 7. The van der Waals surface area contributed by atoms with Gasteiger partial charge in [-0.2, -0.15) is 26.3 Å². The maximum absolute atomic E-state index is 14.3. The summed E-state index contributed by atoms with van der Waals surface area (Å²) >= 11 is 0. The third-order valence-electron chi connectivity index (χ3n) is 20.7. The summed E-state index contributed by atoms with van der Waals surface area (Å²) in [7, 11) is 5.16. The van der Waals surface area contributed by atoms with Crippen LogP contribution in [0.5, 0.6) is 0 Å². The fourth-order valence-corrected chi connectivity index (χ4v) is 14.6. The Morgan fingerprint density at radius 1 is 0.617 bits per heavy atom. The van der Waals surface area contributed by atoms with E-state index in [2.05, 4.69) is 27.2 Å². The molecule has 1 N–H and O–H groups in total. The van der Waals surface area contributed by atoms with E-state index in [0.717, 1.165) is 38.3 Å². The predicted octanol–water partition coefficient (Wildman–Crippen LogP) is 14.6. The fraction of sp³-hybridized carbons (Fsp3) is 0.415. The van der Waals surface area contributed by atoms with Crippen molar-refractivity contribution in [1.82, 2.24) is 34.3 Å². The average Bonchev–Trinajstić information content (AvgIpc) is 1.57. The van der Waals surface area contributed by atoms with Crippen LogP contribution in [0.25, 0.3) is 11.1 Å². The van der Waals surface area contributed by atoms with Crippen molar-refractivity contribution in [3.8, 4) is 11.1 Å². The van der Waals surface area contributed by atoms with E-state index in [1.807, 2.05) is 78.9 Å². The number of hydrogen-bond donors (Lipinski definition) is 1. The highest BCUT2D eigenvalue weighted by atomic mass is 19.4. The second kappa shape index (κ2) is 33.6. The molecule has 2 atom stereocenters. The number of fused-ring (bicyclic) bond motifs is 2. The van der Waals surface area contributed by atoms with Crippen molar-refractivity contribution < 1.29 is 78.4 Å². The van der Waals surface area contributed by atoms with E-state index in [9.17, 15) is 59.5 Å². The first-order chi connectivity index (χ1) is 50.9. The van der Waals surface area contributed by atoms with E-state index in [4.69, 9.17) is 18.9 Å². The lowest BCUT2D eigenvalue weighted by Crippen LogP contribution is -2.50. The van der Waals surface area contributed by atoms with Gasteiger partial charge in [-0.3, -0.25) is 29.4 Å². The average molecular weight is 1480 g/mol. The molecule has 3 saturated heterocycles. The zero-order valence-corrected chi connectivity index (χ0v) is 61.0. The molecule has 3 fully saturated rings. The predicted molar refractivity (Wildman–Crippen MR) is 389 cm³/mol. The lowest BCUT2D eigenvalue weighted by Gasteiger charge is -2.44. The van der Waals surface area contributed by atoms with Crippen LogP contribution in [0.3, 0.4) is 0 Å². The molecule has 7 aromatic carbocycles. The summed E-state index contributed by atoms with van der Waals surface area (Å²) in [6, 6.07) is 45.9. The van der Waals surface area contributed by atoms with Crippen LogP contribution in [0.4, 0.5) is 46.0 Å². The highest BCUT2D eigenvalue weighted by Crippen LogP contribution is 2.49. The van der Waals surface area contributed by atoms with Crippen molar-refractivity contribution in [3.63, 3.8) is 0 Å². The number of ether oxygens (including phenoxy) is 4. The van der Waals surface area contributed by atoms with Crippen molar-refractivity contribution in [3.05, 3.63) is 231 Å². The Morgan fingerprint density at radius 3 is 1.79 bits per heavy atom. The number of halogens is 7. The highest BCUT2D eigenvalue weighted by molar-refractivity contribution is 5.96. The van der Waals surface area contributed by atoms with Crippen molar-refractivity contribution in [2.75, 3.05) is 105 Å². The molecule has 6 amide bonds. The number of amides is 6. The van der Waals surface area contributed by atoms with Gasteiger partial charge in [-0.25, -0.2) is 14.0 Å². The van der Waals surface area contributed by atoms with Gasteiger partial charge in [-0.1, -0.05) is 109 Å². The molecule has 7 aromatic rings. The first-order valence-corrected chi connectivity index (χ1v) is 36.1. The summed E-state index contributed by atoms with van der Waals surface area (Å²) < 4.78 is 122. The van der Waals surface area contributed by atoms with Gasteiger partial charge in [0, 0.05) is 108 Å². The van der Waals surface area contributed by atoms with E-state index < -0.39 is 76.3 Å². The van der Waals surface area contributed by atoms with Crippen molar-refractivity contribution >= 4 is 41.5 Å². The number of carbonyl (C=O) groups excluding carboxylic acids is 6. The third-order valence-corrected chi connectivity index (χ3v) is 20.7. The van der Waals surface area contributed by atoms with Crippen LogP contribution in [0.1, 0.15) is 129 Å². The molecule has 107 heavy (non-hydrogen) atoms. The van der Waals surface area contributed by atoms with E-state index in [1.54, 1.807) is 97.9 Å². The highest BCUT2D eigenvalue weighted by Gasteiger charge is 2.50. The molecule has 18 nitrogen and oxygen atoms in total. The number of piperidine rings is 2. The number of nitrogens with one attached hydrogen (secondary N) is 1. The molecule has 25 heteroatoms. The smallest absolute Gasteiger partial charge is 0.416 e. The molecule has 0 radical (unpaired) electrons. The molecule has 568 valence electrons. The fourth-order valence-electron chi connectivity index (χ4n) is 14.6. The second-order valence-electron chi connectivity index (χ2n) is 29.3. The number of hydrogen-bond acceptors (Lipinski definition) is 12. The SMILES string of the molecule is CN(CCCN(C)C(=O)c1ccc(CN(Cc2ccc(C(=O)N(C)CCN3CCC(OC(=O)Nc4ccccc4-c4ccccc4)CC3)cc2)C(=O)OC(C)(C)C)cc1)C(=O)CO[C@H]1Cc2ccccc2C12CCN(CC[C@@]1(c3ccc(F)cc3)CN(C(=O)c3cc(C(F)(F)F)cc(C(F)(F)F)c3)CO1)CC2. The Kier molecular flexibility index (Phi) is 24.6. The number of anilines is 1. The molecule has 0 saturated carbocycles. The largest absolute Gasteiger partial charge is 0.446 e. The first kappa shape index (κ1) is 78.4. The molecular formula is C82H91F7N8O10. The quantitative estimate of drug-likeness (QED) is 0.0568. The normalized spacial score (nSPS) is 17.7. The van der Waals surface area contributed by atoms with Gasteiger partial charge in [0.05, 0.1) is 29.5 Å². The maximum atomic E-state index is 14.3. The zero-order chi connectivity index (χ0) is 76.4. The molecular weight excluding hydrogens is 1390 g/mol. The van der Waals surface area contributed by atoms with E-state index >= 15 is 0 Å². The maximum Gasteiger partial charge on any atom is 0.416 e. The van der Waals surface area contributed by atoms with Gasteiger partial charge in [-0.05, 0) is 173 Å². The number of alkyl halides is 6. The second-order valence-corrected chi connectivity index (χ2v) is 29.3. The van der Waals surface area contributed by atoms with Crippen LogP contribution in [0.2, 0.25) is 0 Å². The Labute approximate surface area is 619 Å². The van der Waals surface area contributed by atoms with Crippen LogP contribution in [-0.2, 0) is 66.6 Å². The van der Waals surface area contributed by atoms with Gasteiger partial charge >= 0.3 is 24.5 Å². The van der Waals surface area contributed by atoms with Crippen LogP contribution < -0.4 is 5.32 Å². The molecule has 3 aliphatic heterocycles. The molecule has 3 heterocycles. The molecule has 1 aliphatic carbocycles. The Balaban J connectivity index is 0.619. The minimum absolute atomic E-state index is 0.0338. The van der Waals surface area contributed by atoms with Gasteiger partial charge in [0.25, 0.3) is 17.7 Å². The molecule has 0 aromatic heterocycles. The van der Waals surface area contributed by atoms with Gasteiger partial charge in [0.1, 0.15) is 36.5 Å². The van der Waals surface area contributed by atoms with Gasteiger partial charge in [0.15, 0.2) is 0 Å². The Hall–Kier alpha value is -9.69. The topological polar surface area (TPSA) is 174 Å². The summed E-state index contributed by atoms with van der Waals surface area (Å²) in [4.78, 5) is 93.7. The van der Waals surface area contributed by atoms with Crippen molar-refractivity contribution in [2.24, 2.45) is 0 Å². The first-order valence-electron chi connectivity index (χ1n) is 36.1. The van der Waals surface area contributed by atoms with Crippen molar-refractivity contribution in [2.45, 2.75) is 120 Å².